The van der Waals surface area contributed by atoms with Crippen molar-refractivity contribution in [3.8, 4) is 10.6 Å². The molecule has 2 aromatic rings. The van der Waals surface area contributed by atoms with Crippen LogP contribution in [0.25, 0.3) is 10.6 Å². The minimum atomic E-state index is -0.617. The first-order valence-corrected chi connectivity index (χ1v) is 10.2. The molecule has 2 heterocycles. The average molecular weight is 436 g/mol. The fraction of sp³-hybridized carbons (Fsp3) is 0.421. The molecule has 0 spiro atoms. The van der Waals surface area contributed by atoms with Gasteiger partial charge in [0.05, 0.1) is 13.2 Å². The van der Waals surface area contributed by atoms with E-state index in [0.717, 1.165) is 11.3 Å². The topological polar surface area (TPSA) is 132 Å². The number of carbonyl (C=O) groups is 3. The molecule has 0 aliphatic carbocycles. The Balaban J connectivity index is 2.28. The van der Waals surface area contributed by atoms with Crippen molar-refractivity contribution >= 4 is 35.1 Å². The van der Waals surface area contributed by atoms with Crippen molar-refractivity contribution in [2.75, 3.05) is 32.2 Å². The maximum Gasteiger partial charge on any atom is 0.350 e. The second-order valence-electron chi connectivity index (χ2n) is 6.16. The van der Waals surface area contributed by atoms with Gasteiger partial charge in [-0.1, -0.05) is 0 Å². The summed E-state index contributed by atoms with van der Waals surface area (Å²) < 4.78 is 10.1. The Morgan fingerprint density at radius 3 is 2.60 bits per heavy atom. The first-order valence-electron chi connectivity index (χ1n) is 9.38. The summed E-state index contributed by atoms with van der Waals surface area (Å²) in [4.78, 5) is 45.2. The predicted molar refractivity (Wildman–Crippen MR) is 113 cm³/mol. The number of nitrogens with one attached hydrogen (secondary N) is 3. The minimum Gasteiger partial charge on any atom is -0.462 e. The highest BCUT2D eigenvalue weighted by Crippen LogP contribution is 2.29. The molecular weight excluding hydrogens is 410 g/mol. The molecule has 3 N–H and O–H groups in total. The summed E-state index contributed by atoms with van der Waals surface area (Å²) in [5.41, 5.74) is 0.580. The third-order valence-corrected chi connectivity index (χ3v) is 4.77. The normalized spacial score (nSPS) is 11.5. The monoisotopic (exact) mass is 435 g/mol. The van der Waals surface area contributed by atoms with Crippen LogP contribution in [0.3, 0.4) is 0 Å². The number of urea groups is 1. The van der Waals surface area contributed by atoms with Crippen molar-refractivity contribution in [2.24, 2.45) is 0 Å². The Hall–Kier alpha value is -3.05. The molecule has 0 bridgehead atoms. The van der Waals surface area contributed by atoms with Gasteiger partial charge in [0.15, 0.2) is 5.69 Å². The van der Waals surface area contributed by atoms with Gasteiger partial charge >= 0.3 is 12.0 Å². The molecular formula is C19H25N5O5S. The van der Waals surface area contributed by atoms with Crippen LogP contribution >= 0.6 is 11.3 Å². The Labute approximate surface area is 178 Å². The fourth-order valence-electron chi connectivity index (χ4n) is 2.43. The number of aromatic nitrogens is 2. The van der Waals surface area contributed by atoms with Gasteiger partial charge < -0.3 is 20.1 Å². The van der Waals surface area contributed by atoms with Gasteiger partial charge in [-0.3, -0.25) is 10.1 Å². The zero-order valence-electron chi connectivity index (χ0n) is 17.3. The van der Waals surface area contributed by atoms with Crippen LogP contribution in [0.2, 0.25) is 0 Å². The van der Waals surface area contributed by atoms with Crippen LogP contribution in [0.1, 0.15) is 40.9 Å². The van der Waals surface area contributed by atoms with Crippen molar-refractivity contribution in [3.63, 3.8) is 0 Å². The predicted octanol–water partition coefficient (Wildman–Crippen LogP) is 2.29. The zero-order chi connectivity index (χ0) is 22.1. The SMILES string of the molecule is CCNC(=O)Nc1ccc(-c2nc(C(=O)N[C@@H](C)COC)c(C(=O)OCC)s2)cn1. The summed E-state index contributed by atoms with van der Waals surface area (Å²) in [5.74, 6) is -0.751. The second-order valence-corrected chi connectivity index (χ2v) is 7.16. The van der Waals surface area contributed by atoms with Crippen LogP contribution in [0.15, 0.2) is 18.3 Å². The molecule has 2 aromatic heterocycles. The molecule has 0 aliphatic heterocycles. The van der Waals surface area contributed by atoms with Crippen molar-refractivity contribution in [1.82, 2.24) is 20.6 Å². The van der Waals surface area contributed by atoms with E-state index >= 15 is 0 Å². The third-order valence-electron chi connectivity index (χ3n) is 3.69. The Bertz CT molecular complexity index is 884. The number of hydrogen-bond donors (Lipinski definition) is 3. The molecule has 1 atom stereocenters. The number of nitrogens with zero attached hydrogens (tertiary/aromatic N) is 2. The van der Waals surface area contributed by atoms with Gasteiger partial charge in [0.25, 0.3) is 5.91 Å². The highest BCUT2D eigenvalue weighted by Gasteiger charge is 2.26. The maximum atomic E-state index is 12.6. The lowest BCUT2D eigenvalue weighted by Crippen LogP contribution is -2.36. The van der Waals surface area contributed by atoms with Crippen LogP contribution < -0.4 is 16.0 Å². The number of anilines is 1. The zero-order valence-corrected chi connectivity index (χ0v) is 18.1. The molecule has 3 amide bonds. The van der Waals surface area contributed by atoms with Crippen molar-refractivity contribution < 1.29 is 23.9 Å². The van der Waals surface area contributed by atoms with Crippen LogP contribution in [-0.4, -0.2) is 60.8 Å². The number of ether oxygens (including phenoxy) is 2. The third kappa shape index (κ3) is 6.22. The van der Waals surface area contributed by atoms with E-state index in [1.54, 1.807) is 26.0 Å². The molecule has 0 unspecified atom stereocenters. The van der Waals surface area contributed by atoms with E-state index < -0.39 is 11.9 Å². The van der Waals surface area contributed by atoms with E-state index in [2.05, 4.69) is 25.9 Å². The lowest BCUT2D eigenvalue weighted by Gasteiger charge is -2.12. The highest BCUT2D eigenvalue weighted by atomic mass is 32.1. The number of rotatable bonds is 9. The summed E-state index contributed by atoms with van der Waals surface area (Å²) >= 11 is 1.04. The van der Waals surface area contributed by atoms with Gasteiger partial charge in [0.2, 0.25) is 0 Å². The first-order chi connectivity index (χ1) is 14.4. The highest BCUT2D eigenvalue weighted by molar-refractivity contribution is 7.17. The van der Waals surface area contributed by atoms with Crippen LogP contribution in [0.4, 0.5) is 10.6 Å². The Morgan fingerprint density at radius 1 is 1.23 bits per heavy atom. The Kier molecular flexibility index (Phi) is 8.69. The quantitative estimate of drug-likeness (QED) is 0.515. The second kappa shape index (κ2) is 11.2. The first kappa shape index (κ1) is 23.2. The summed E-state index contributed by atoms with van der Waals surface area (Å²) in [6.07, 6.45) is 1.50. The fourth-order valence-corrected chi connectivity index (χ4v) is 3.38. The molecule has 11 heteroatoms. The van der Waals surface area contributed by atoms with Gasteiger partial charge in [-0.2, -0.15) is 0 Å². The van der Waals surface area contributed by atoms with Gasteiger partial charge in [-0.05, 0) is 32.9 Å². The number of carbonyl (C=O) groups excluding carboxylic acids is 3. The smallest absolute Gasteiger partial charge is 0.350 e. The summed E-state index contributed by atoms with van der Waals surface area (Å²) in [5, 5.41) is 8.38. The van der Waals surface area contributed by atoms with Crippen LogP contribution in [0, 0.1) is 0 Å². The molecule has 0 fully saturated rings. The molecule has 0 saturated carbocycles. The van der Waals surface area contributed by atoms with Crippen LogP contribution in [0.5, 0.6) is 0 Å². The van der Waals surface area contributed by atoms with Gasteiger partial charge in [0.1, 0.15) is 15.7 Å². The van der Waals surface area contributed by atoms with E-state index in [4.69, 9.17) is 9.47 Å². The standard InChI is InChI=1S/C19H25N5O5S/c1-5-20-19(27)23-13-8-7-12(9-21-13)17-24-14(15(30-17)18(26)29-6-2)16(25)22-11(3)10-28-4/h7-9,11H,5-6,10H2,1-4H3,(H,22,25)(H2,20,21,23,27)/t11-/m0/s1. The van der Waals surface area contributed by atoms with E-state index in [-0.39, 0.29) is 29.3 Å². The molecule has 0 saturated heterocycles. The van der Waals surface area contributed by atoms with Gasteiger partial charge in [-0.15, -0.1) is 11.3 Å². The number of esters is 1. The number of pyridine rings is 1. The van der Waals surface area contributed by atoms with Crippen molar-refractivity contribution in [3.05, 3.63) is 28.9 Å². The average Bonchev–Trinajstić information content (AvgIpc) is 3.15. The summed E-state index contributed by atoms with van der Waals surface area (Å²) in [7, 11) is 1.53. The number of amides is 3. The van der Waals surface area contributed by atoms with Crippen LogP contribution in [-0.2, 0) is 9.47 Å². The maximum absolute atomic E-state index is 12.6. The van der Waals surface area contributed by atoms with Crippen molar-refractivity contribution in [1.29, 1.82) is 0 Å². The largest absolute Gasteiger partial charge is 0.462 e. The lowest BCUT2D eigenvalue weighted by molar-refractivity contribution is 0.0527. The summed E-state index contributed by atoms with van der Waals surface area (Å²) in [6, 6.07) is 2.68. The van der Waals surface area contributed by atoms with E-state index in [1.165, 1.54) is 13.3 Å². The molecule has 0 aromatic carbocycles. The Morgan fingerprint density at radius 2 is 2.00 bits per heavy atom. The van der Waals surface area contributed by atoms with Gasteiger partial charge in [0, 0.05) is 31.5 Å². The molecule has 2 rings (SSSR count). The number of methoxy groups -OCH3 is 1. The van der Waals surface area contributed by atoms with Gasteiger partial charge in [-0.25, -0.2) is 19.6 Å². The lowest BCUT2D eigenvalue weighted by atomic mass is 10.2. The molecule has 0 radical (unpaired) electrons. The molecule has 162 valence electrons. The van der Waals surface area contributed by atoms with E-state index in [9.17, 15) is 14.4 Å². The van der Waals surface area contributed by atoms with E-state index in [0.29, 0.717) is 29.5 Å². The minimum absolute atomic E-state index is 0.0130. The number of thiazole rings is 1. The van der Waals surface area contributed by atoms with E-state index in [1.807, 2.05) is 6.92 Å². The molecule has 10 nitrogen and oxygen atoms in total. The summed E-state index contributed by atoms with van der Waals surface area (Å²) in [6.45, 7) is 6.26. The molecule has 30 heavy (non-hydrogen) atoms. The van der Waals surface area contributed by atoms with Crippen molar-refractivity contribution in [2.45, 2.75) is 26.8 Å². The number of hydrogen-bond acceptors (Lipinski definition) is 8. The molecule has 0 aliphatic rings.